The zero-order valence-corrected chi connectivity index (χ0v) is 9.90. The molecule has 0 aromatic carbocycles. The molecule has 16 heavy (non-hydrogen) atoms. The van der Waals surface area contributed by atoms with Crippen molar-refractivity contribution >= 4 is 34.8 Å². The molecular formula is C10H10ClNO3S. The van der Waals surface area contributed by atoms with Gasteiger partial charge in [-0.3, -0.25) is 4.79 Å². The summed E-state index contributed by atoms with van der Waals surface area (Å²) in [6.07, 6.45) is 1.79. The van der Waals surface area contributed by atoms with Gasteiger partial charge in [-0.2, -0.15) is 0 Å². The lowest BCUT2D eigenvalue weighted by Crippen LogP contribution is -2.59. The van der Waals surface area contributed by atoms with E-state index in [1.54, 1.807) is 11.4 Å². The second-order valence-electron chi connectivity index (χ2n) is 3.79. The standard InChI is InChI=1S/C10H10ClNO3S/c11-6-2-5-16-7(6)8(13)12-10(9(14)15)3-1-4-10/h2,5H,1,3-4H2,(H,12,13)(H,14,15). The third-order valence-electron chi connectivity index (χ3n) is 2.79. The molecule has 1 saturated carbocycles. The van der Waals surface area contributed by atoms with Crippen molar-refractivity contribution in [2.24, 2.45) is 0 Å². The number of carboxylic acid groups (broad SMARTS) is 1. The van der Waals surface area contributed by atoms with Crippen LogP contribution < -0.4 is 5.32 Å². The average Bonchev–Trinajstić information content (AvgIpc) is 2.57. The zero-order valence-electron chi connectivity index (χ0n) is 8.33. The third-order valence-corrected chi connectivity index (χ3v) is 4.13. The van der Waals surface area contributed by atoms with E-state index in [1.165, 1.54) is 11.3 Å². The highest BCUT2D eigenvalue weighted by Gasteiger charge is 2.46. The molecule has 0 unspecified atom stereocenters. The normalized spacial score (nSPS) is 17.6. The minimum atomic E-state index is -1.08. The maximum Gasteiger partial charge on any atom is 0.329 e. The summed E-state index contributed by atoms with van der Waals surface area (Å²) in [6.45, 7) is 0. The van der Waals surface area contributed by atoms with Gasteiger partial charge in [-0.1, -0.05) is 11.6 Å². The van der Waals surface area contributed by atoms with E-state index in [2.05, 4.69) is 5.32 Å². The Labute approximate surface area is 101 Å². The molecule has 1 amide bonds. The summed E-state index contributed by atoms with van der Waals surface area (Å²) in [4.78, 5) is 23.2. The molecule has 1 aromatic rings. The minimum Gasteiger partial charge on any atom is -0.480 e. The van der Waals surface area contributed by atoms with E-state index in [-0.39, 0.29) is 0 Å². The van der Waals surface area contributed by atoms with Crippen molar-refractivity contribution in [2.45, 2.75) is 24.8 Å². The molecule has 1 aromatic heterocycles. The maximum absolute atomic E-state index is 11.8. The number of hydrogen-bond acceptors (Lipinski definition) is 3. The van der Waals surface area contributed by atoms with Gasteiger partial charge in [0, 0.05) is 0 Å². The van der Waals surface area contributed by atoms with Crippen molar-refractivity contribution in [2.75, 3.05) is 0 Å². The van der Waals surface area contributed by atoms with Crippen molar-refractivity contribution in [3.05, 3.63) is 21.3 Å². The van der Waals surface area contributed by atoms with Crippen LogP contribution in [0.25, 0.3) is 0 Å². The largest absolute Gasteiger partial charge is 0.480 e. The number of carboxylic acids is 1. The van der Waals surface area contributed by atoms with Gasteiger partial charge in [-0.05, 0) is 30.7 Å². The number of halogens is 1. The predicted octanol–water partition coefficient (Wildman–Crippen LogP) is 2.14. The molecule has 1 fully saturated rings. The monoisotopic (exact) mass is 259 g/mol. The van der Waals surface area contributed by atoms with Gasteiger partial charge in [-0.15, -0.1) is 11.3 Å². The fourth-order valence-corrected chi connectivity index (χ4v) is 2.69. The van der Waals surface area contributed by atoms with Gasteiger partial charge < -0.3 is 10.4 Å². The van der Waals surface area contributed by atoms with Crippen LogP contribution in [0.2, 0.25) is 5.02 Å². The lowest BCUT2D eigenvalue weighted by molar-refractivity contribution is -0.148. The first kappa shape index (κ1) is 11.4. The van der Waals surface area contributed by atoms with Crippen LogP contribution in [0.5, 0.6) is 0 Å². The number of hydrogen-bond donors (Lipinski definition) is 2. The van der Waals surface area contributed by atoms with Crippen LogP contribution in [-0.4, -0.2) is 22.5 Å². The van der Waals surface area contributed by atoms with Gasteiger partial charge in [0.15, 0.2) is 0 Å². The summed E-state index contributed by atoms with van der Waals surface area (Å²) in [7, 11) is 0. The first-order valence-corrected chi connectivity index (χ1v) is 6.10. The van der Waals surface area contributed by atoms with Crippen LogP contribution in [0, 0.1) is 0 Å². The Kier molecular flexibility index (Phi) is 2.90. The van der Waals surface area contributed by atoms with Crippen LogP contribution in [0.1, 0.15) is 28.9 Å². The van der Waals surface area contributed by atoms with Gasteiger partial charge in [-0.25, -0.2) is 4.79 Å². The Morgan fingerprint density at radius 1 is 1.50 bits per heavy atom. The smallest absolute Gasteiger partial charge is 0.329 e. The number of carbonyl (C=O) groups is 2. The quantitative estimate of drug-likeness (QED) is 0.874. The summed E-state index contributed by atoms with van der Waals surface area (Å²) in [5, 5.41) is 13.7. The van der Waals surface area contributed by atoms with Gasteiger partial charge in [0.2, 0.25) is 0 Å². The van der Waals surface area contributed by atoms with E-state index >= 15 is 0 Å². The minimum absolute atomic E-state index is 0.363. The number of aliphatic carboxylic acids is 1. The first-order chi connectivity index (χ1) is 7.55. The van der Waals surface area contributed by atoms with Crippen molar-refractivity contribution in [3.8, 4) is 0 Å². The molecule has 1 aliphatic rings. The summed E-state index contributed by atoms with van der Waals surface area (Å²) in [5.41, 5.74) is -1.08. The molecule has 0 spiro atoms. The highest BCUT2D eigenvalue weighted by atomic mass is 35.5. The van der Waals surface area contributed by atoms with Gasteiger partial charge in [0.1, 0.15) is 10.4 Å². The molecule has 0 saturated heterocycles. The van der Waals surface area contributed by atoms with E-state index in [0.29, 0.717) is 22.7 Å². The van der Waals surface area contributed by atoms with Crippen LogP contribution in [0.3, 0.4) is 0 Å². The highest BCUT2D eigenvalue weighted by molar-refractivity contribution is 7.12. The predicted molar refractivity (Wildman–Crippen MR) is 61.0 cm³/mol. The zero-order chi connectivity index (χ0) is 11.8. The van der Waals surface area contributed by atoms with Crippen LogP contribution in [-0.2, 0) is 4.79 Å². The lowest BCUT2D eigenvalue weighted by atomic mass is 9.77. The molecule has 0 bridgehead atoms. The van der Waals surface area contributed by atoms with Crippen LogP contribution >= 0.6 is 22.9 Å². The van der Waals surface area contributed by atoms with Crippen molar-refractivity contribution in [1.82, 2.24) is 5.32 Å². The van der Waals surface area contributed by atoms with E-state index in [9.17, 15) is 9.59 Å². The summed E-state index contributed by atoms with van der Waals surface area (Å²) in [5.74, 6) is -1.37. The van der Waals surface area contributed by atoms with Crippen molar-refractivity contribution < 1.29 is 14.7 Å². The Hall–Kier alpha value is -1.07. The number of amides is 1. The lowest BCUT2D eigenvalue weighted by Gasteiger charge is -2.38. The number of carbonyl (C=O) groups excluding carboxylic acids is 1. The fourth-order valence-electron chi connectivity index (χ4n) is 1.65. The van der Waals surface area contributed by atoms with E-state index < -0.39 is 17.4 Å². The number of nitrogens with one attached hydrogen (secondary N) is 1. The molecule has 0 atom stereocenters. The average molecular weight is 260 g/mol. The number of rotatable bonds is 3. The van der Waals surface area contributed by atoms with Gasteiger partial charge in [0.25, 0.3) is 5.91 Å². The molecule has 2 N–H and O–H groups in total. The van der Waals surface area contributed by atoms with Crippen LogP contribution in [0.15, 0.2) is 11.4 Å². The summed E-state index contributed by atoms with van der Waals surface area (Å²) < 4.78 is 0. The molecule has 1 heterocycles. The maximum atomic E-state index is 11.8. The second kappa shape index (κ2) is 4.07. The van der Waals surface area contributed by atoms with E-state index in [4.69, 9.17) is 16.7 Å². The van der Waals surface area contributed by atoms with Crippen molar-refractivity contribution in [3.63, 3.8) is 0 Å². The molecule has 0 aliphatic heterocycles. The molecule has 0 radical (unpaired) electrons. The fraction of sp³-hybridized carbons (Fsp3) is 0.400. The highest BCUT2D eigenvalue weighted by Crippen LogP contribution is 2.33. The SMILES string of the molecule is O=C(NC1(C(=O)O)CCC1)c1sccc1Cl. The summed E-state index contributed by atoms with van der Waals surface area (Å²) >= 11 is 7.01. The number of thiophene rings is 1. The third kappa shape index (κ3) is 1.81. The molecule has 2 rings (SSSR count). The molecule has 1 aliphatic carbocycles. The first-order valence-electron chi connectivity index (χ1n) is 4.84. The topological polar surface area (TPSA) is 66.4 Å². The van der Waals surface area contributed by atoms with E-state index in [1.807, 2.05) is 0 Å². The van der Waals surface area contributed by atoms with Gasteiger partial charge >= 0.3 is 5.97 Å². The Morgan fingerprint density at radius 3 is 2.56 bits per heavy atom. The molecule has 4 nitrogen and oxygen atoms in total. The second-order valence-corrected chi connectivity index (χ2v) is 5.12. The van der Waals surface area contributed by atoms with Crippen LogP contribution in [0.4, 0.5) is 0 Å². The Morgan fingerprint density at radius 2 is 2.19 bits per heavy atom. The molecule has 86 valence electrons. The summed E-state index contributed by atoms with van der Waals surface area (Å²) in [6, 6.07) is 1.62. The van der Waals surface area contributed by atoms with Gasteiger partial charge in [0.05, 0.1) is 5.02 Å². The Balaban J connectivity index is 2.13. The molecule has 6 heteroatoms. The van der Waals surface area contributed by atoms with Crippen molar-refractivity contribution in [1.29, 1.82) is 0 Å². The van der Waals surface area contributed by atoms with E-state index in [0.717, 1.165) is 6.42 Å². The molecular weight excluding hydrogens is 250 g/mol. The Bertz CT molecular complexity index is 439.